The highest BCUT2D eigenvalue weighted by molar-refractivity contribution is 5.99. The molecule has 8 aromatic rings. The van der Waals surface area contributed by atoms with E-state index in [0.29, 0.717) is 92.9 Å². The topological polar surface area (TPSA) is 141 Å². The van der Waals surface area contributed by atoms with E-state index >= 15 is 0 Å². The van der Waals surface area contributed by atoms with Crippen LogP contribution in [0.25, 0.3) is 33.8 Å². The molecule has 0 spiro atoms. The lowest BCUT2D eigenvalue weighted by Crippen LogP contribution is -2.15. The highest BCUT2D eigenvalue weighted by Crippen LogP contribution is 2.38. The minimum absolute atomic E-state index is 0.0252. The summed E-state index contributed by atoms with van der Waals surface area (Å²) in [6.45, 7) is 3.18. The van der Waals surface area contributed by atoms with Gasteiger partial charge in [-0.2, -0.15) is 26.3 Å². The van der Waals surface area contributed by atoms with E-state index in [2.05, 4.69) is 20.6 Å². The number of pyridine rings is 2. The van der Waals surface area contributed by atoms with Gasteiger partial charge in [-0.15, -0.1) is 0 Å². The van der Waals surface area contributed by atoms with Crippen LogP contribution in [-0.4, -0.2) is 68.0 Å². The lowest BCUT2D eigenvalue weighted by atomic mass is 9.98. The van der Waals surface area contributed by atoms with Crippen LogP contribution < -0.4 is 24.8 Å². The van der Waals surface area contributed by atoms with Gasteiger partial charge in [-0.1, -0.05) is 36.4 Å². The molecule has 0 atom stereocenters. The summed E-state index contributed by atoms with van der Waals surface area (Å²) in [6.07, 6.45) is 1.77. The third-order valence-corrected chi connectivity index (χ3v) is 12.9. The number of anilines is 2. The summed E-state index contributed by atoms with van der Waals surface area (Å²) in [5.74, 6) is 3.58. The molecule has 4 aromatic heterocycles. The molecule has 0 aliphatic heterocycles. The Bertz CT molecular complexity index is 3380. The monoisotopic (exact) mass is 1030 g/mol. The first kappa shape index (κ1) is 51.9. The van der Waals surface area contributed by atoms with E-state index in [9.17, 15) is 41.0 Å². The molecule has 0 radical (unpaired) electrons. The number of aromatic nitrogens is 4. The summed E-state index contributed by atoms with van der Waals surface area (Å²) < 4.78 is 97.5. The van der Waals surface area contributed by atoms with Crippen molar-refractivity contribution in [3.63, 3.8) is 0 Å². The van der Waals surface area contributed by atoms with E-state index in [1.54, 1.807) is 89.2 Å². The Morgan fingerprint density at radius 2 is 1.04 bits per heavy atom. The molecular weight excluding hydrogens is 979 g/mol. The van der Waals surface area contributed by atoms with Gasteiger partial charge in [-0.3, -0.25) is 18.4 Å². The fourth-order valence-corrected chi connectivity index (χ4v) is 8.74. The summed E-state index contributed by atoms with van der Waals surface area (Å²) in [5, 5.41) is 15.5. The lowest BCUT2D eigenvalue weighted by Gasteiger charge is -2.14. The maximum absolute atomic E-state index is 12.8. The van der Waals surface area contributed by atoms with Crippen molar-refractivity contribution in [1.82, 2.24) is 18.8 Å². The molecule has 0 unspecified atom stereocenters. The van der Waals surface area contributed by atoms with Crippen molar-refractivity contribution in [3.05, 3.63) is 144 Å². The highest BCUT2D eigenvalue weighted by atomic mass is 19.4. The number of alkyl halides is 6. The fraction of sp³-hybridized carbons (Fsp3) is 0.298. The minimum atomic E-state index is -4.30. The summed E-state index contributed by atoms with van der Waals surface area (Å²) in [7, 11) is 1.55. The van der Waals surface area contributed by atoms with Crippen molar-refractivity contribution in [2.24, 2.45) is 11.8 Å². The number of benzene rings is 4. The number of Topliss-reactive ketones (excluding diaryl/α,β-unsaturated/α-hetero) is 2. The Labute approximate surface area is 428 Å². The van der Waals surface area contributed by atoms with Gasteiger partial charge in [0, 0.05) is 72.5 Å². The zero-order valence-electron chi connectivity index (χ0n) is 41.3. The Balaban J connectivity index is 0.000000184. The number of ketones is 2. The number of ether oxygens (including phenoxy) is 3. The Hall–Kier alpha value is -8.02. The maximum Gasteiger partial charge on any atom is 0.390 e. The van der Waals surface area contributed by atoms with Gasteiger partial charge in [-0.05, 0) is 98.9 Å². The number of aromatic hydroxyl groups is 1. The molecule has 0 saturated heterocycles. The molecule has 2 fully saturated rings. The first-order valence-corrected chi connectivity index (χ1v) is 24.6. The Morgan fingerprint density at radius 1 is 0.600 bits per heavy atom. The number of fused-ring (bicyclic) bond motifs is 2. The van der Waals surface area contributed by atoms with Gasteiger partial charge >= 0.3 is 12.4 Å². The van der Waals surface area contributed by atoms with Crippen LogP contribution in [0.15, 0.2) is 122 Å². The first-order chi connectivity index (χ1) is 35.9. The number of nitrogens with zero attached hydrogens (tertiary/aromatic N) is 4. The number of hydrogen-bond acceptors (Lipinski definition) is 10. The van der Waals surface area contributed by atoms with E-state index in [4.69, 9.17) is 14.2 Å². The minimum Gasteiger partial charge on any atom is -0.508 e. The molecule has 75 heavy (non-hydrogen) atoms. The molecular formula is C57H54F6N6O6. The van der Waals surface area contributed by atoms with E-state index in [1.807, 2.05) is 50.2 Å². The zero-order valence-corrected chi connectivity index (χ0v) is 41.3. The number of nitrogens with one attached hydrogen (secondary N) is 2. The normalized spacial score (nSPS) is 13.6. The molecule has 0 bridgehead atoms. The Morgan fingerprint density at radius 3 is 1.45 bits per heavy atom. The highest BCUT2D eigenvalue weighted by Gasteiger charge is 2.29. The smallest absolute Gasteiger partial charge is 0.390 e. The van der Waals surface area contributed by atoms with Crippen LogP contribution in [0.3, 0.4) is 0 Å². The average Bonchev–Trinajstić information content (AvgIpc) is 4.27. The standard InChI is InChI=1S/C29H28F3N3O3.C28H26F3N3O3/c1-18-12-20(8-9-24(18)27(36)13-19-6-7-19)26-16-34-28-25(33-11-10-29(30,31)32)15-23(17-35(26)28)38-22-5-3-4-21(14-22)37-2;1-17-11-19(7-8-23(17)26(36)12-18-5-6-18)25-15-33-27-24(32-10-9-28(29,30)31)14-22(16-34(25)27)37-21-4-2-3-20(35)13-21/h3-5,8-9,12,14-17,19,33H,6-7,10-11,13H2,1-2H3;2-4,7-8,11,13-16,18,32,35H,5-6,9-10,12H2,1H3. The number of imidazole rings is 2. The lowest BCUT2D eigenvalue weighted by molar-refractivity contribution is -0.132. The molecule has 12 nitrogen and oxygen atoms in total. The number of aryl methyl sites for hydroxylation is 2. The van der Waals surface area contributed by atoms with Gasteiger partial charge in [0.2, 0.25) is 0 Å². The molecule has 18 heteroatoms. The number of carbonyl (C=O) groups excluding carboxylic acids is 2. The van der Waals surface area contributed by atoms with Gasteiger partial charge in [0.1, 0.15) is 34.5 Å². The number of hydrogen-bond donors (Lipinski definition) is 3. The summed E-state index contributed by atoms with van der Waals surface area (Å²) in [4.78, 5) is 34.3. The van der Waals surface area contributed by atoms with Crippen molar-refractivity contribution in [3.8, 4) is 57.0 Å². The van der Waals surface area contributed by atoms with Crippen LogP contribution in [0.4, 0.5) is 37.7 Å². The summed E-state index contributed by atoms with van der Waals surface area (Å²) >= 11 is 0. The van der Waals surface area contributed by atoms with Gasteiger partial charge in [0.05, 0.1) is 67.5 Å². The Kier molecular flexibility index (Phi) is 15.1. The van der Waals surface area contributed by atoms with Crippen molar-refractivity contribution in [1.29, 1.82) is 0 Å². The van der Waals surface area contributed by atoms with Crippen LogP contribution >= 0.6 is 0 Å². The molecule has 2 aliphatic rings. The number of halogens is 6. The van der Waals surface area contributed by atoms with Crippen LogP contribution in [-0.2, 0) is 0 Å². The molecule has 10 rings (SSSR count). The van der Waals surface area contributed by atoms with Crippen molar-refractivity contribution < 1.29 is 55.2 Å². The van der Waals surface area contributed by atoms with E-state index in [-0.39, 0.29) is 30.4 Å². The van der Waals surface area contributed by atoms with Crippen molar-refractivity contribution in [2.75, 3.05) is 30.8 Å². The second-order valence-electron chi connectivity index (χ2n) is 19.0. The fourth-order valence-electron chi connectivity index (χ4n) is 8.74. The molecule has 0 amide bonds. The van der Waals surface area contributed by atoms with Crippen molar-refractivity contribution >= 4 is 34.2 Å². The molecule has 3 N–H and O–H groups in total. The molecule has 4 heterocycles. The maximum atomic E-state index is 12.8. The van der Waals surface area contributed by atoms with Crippen LogP contribution in [0, 0.1) is 25.7 Å². The van der Waals surface area contributed by atoms with Crippen LogP contribution in [0.5, 0.6) is 34.5 Å². The molecule has 4 aromatic carbocycles. The van der Waals surface area contributed by atoms with Gasteiger partial charge in [-0.25, -0.2) is 9.97 Å². The van der Waals surface area contributed by atoms with Crippen molar-refractivity contribution in [2.45, 2.75) is 77.6 Å². The summed E-state index contributed by atoms with van der Waals surface area (Å²) in [6, 6.07) is 27.8. The number of methoxy groups -OCH3 is 1. The number of phenols is 1. The predicted molar refractivity (Wildman–Crippen MR) is 274 cm³/mol. The second kappa shape index (κ2) is 21.8. The van der Waals surface area contributed by atoms with Gasteiger partial charge in [0.15, 0.2) is 22.9 Å². The third kappa shape index (κ3) is 13.4. The van der Waals surface area contributed by atoms with Crippen LogP contribution in [0.1, 0.15) is 83.2 Å². The number of phenolic OH excluding ortho intramolecular Hbond substituents is 1. The molecule has 390 valence electrons. The number of rotatable bonds is 19. The molecule has 2 aliphatic carbocycles. The van der Waals surface area contributed by atoms with E-state index < -0.39 is 25.2 Å². The average molecular weight is 1030 g/mol. The zero-order chi connectivity index (χ0) is 53.0. The first-order valence-electron chi connectivity index (χ1n) is 24.6. The van der Waals surface area contributed by atoms with Gasteiger partial charge < -0.3 is 30.0 Å². The predicted octanol–water partition coefficient (Wildman–Crippen LogP) is 14.6. The third-order valence-electron chi connectivity index (χ3n) is 12.9. The summed E-state index contributed by atoms with van der Waals surface area (Å²) in [5.41, 5.74) is 7.89. The van der Waals surface area contributed by atoms with Crippen LogP contribution in [0.2, 0.25) is 0 Å². The largest absolute Gasteiger partial charge is 0.508 e. The van der Waals surface area contributed by atoms with E-state index in [1.165, 1.54) is 12.1 Å². The SMILES string of the molecule is COc1cccc(Oc2cc(NCCC(F)(F)F)c3ncc(-c4ccc(C(=O)CC5CC5)c(C)c4)n3c2)c1.Cc1cc(-c2cnc3c(NCCC(F)(F)F)cc(Oc4cccc(O)c4)cn23)ccc1C(=O)CC1CC1. The number of carbonyl (C=O) groups is 2. The molecule has 2 saturated carbocycles. The van der Waals surface area contributed by atoms with Gasteiger partial charge in [0.25, 0.3) is 0 Å². The quantitative estimate of drug-likeness (QED) is 0.0529. The van der Waals surface area contributed by atoms with E-state index in [0.717, 1.165) is 53.6 Å². The second-order valence-corrected chi connectivity index (χ2v) is 19.0.